The molecule has 1 aromatic rings. The van der Waals surface area contributed by atoms with Crippen LogP contribution < -0.4 is 5.32 Å². The Hall–Kier alpha value is -0.720. The lowest BCUT2D eigenvalue weighted by molar-refractivity contribution is -0.157. The number of amides is 1. The maximum Gasteiger partial charge on any atom is 0.328 e. The zero-order valence-corrected chi connectivity index (χ0v) is 15.0. The number of esters is 1. The molecule has 0 aliphatic heterocycles. The summed E-state index contributed by atoms with van der Waals surface area (Å²) >= 11 is 8.82. The average molecular weight is 350 g/mol. The molecule has 0 saturated heterocycles. The zero-order chi connectivity index (χ0) is 16.0. The van der Waals surface area contributed by atoms with Crippen molar-refractivity contribution < 1.29 is 14.3 Å². The zero-order valence-electron chi connectivity index (χ0n) is 12.6. The van der Waals surface area contributed by atoms with Gasteiger partial charge >= 0.3 is 5.97 Å². The summed E-state index contributed by atoms with van der Waals surface area (Å²) in [4.78, 5) is 24.6. The number of carbonyl (C=O) groups excluding carboxylic acids is 2. The van der Waals surface area contributed by atoms with Gasteiger partial charge in [-0.15, -0.1) is 23.1 Å². The van der Waals surface area contributed by atoms with E-state index in [0.29, 0.717) is 5.75 Å². The Morgan fingerprint density at radius 2 is 2.10 bits per heavy atom. The fourth-order valence-electron chi connectivity index (χ4n) is 1.41. The van der Waals surface area contributed by atoms with Gasteiger partial charge in [0.2, 0.25) is 5.91 Å². The van der Waals surface area contributed by atoms with Crippen molar-refractivity contribution in [3.8, 4) is 0 Å². The Bertz CT molecular complexity index is 497. The van der Waals surface area contributed by atoms with E-state index in [2.05, 4.69) is 5.32 Å². The third-order valence-corrected chi connectivity index (χ3v) is 4.64. The molecule has 0 aromatic carbocycles. The van der Waals surface area contributed by atoms with Crippen molar-refractivity contribution in [1.82, 2.24) is 5.32 Å². The molecule has 0 aliphatic carbocycles. The topological polar surface area (TPSA) is 55.4 Å². The normalized spacial score (nSPS) is 12.8. The highest BCUT2D eigenvalue weighted by molar-refractivity contribution is 7.99. The van der Waals surface area contributed by atoms with Crippen LogP contribution in [-0.4, -0.2) is 29.3 Å². The van der Waals surface area contributed by atoms with Gasteiger partial charge < -0.3 is 10.1 Å². The highest BCUT2D eigenvalue weighted by Gasteiger charge is 2.22. The molecule has 0 aliphatic rings. The number of rotatable bonds is 6. The number of hydrogen-bond donors (Lipinski definition) is 1. The highest BCUT2D eigenvalue weighted by atomic mass is 35.5. The molecule has 118 valence electrons. The molecule has 21 heavy (non-hydrogen) atoms. The van der Waals surface area contributed by atoms with Crippen LogP contribution in [0, 0.1) is 0 Å². The van der Waals surface area contributed by atoms with Gasteiger partial charge in [-0.3, -0.25) is 4.79 Å². The highest BCUT2D eigenvalue weighted by Crippen LogP contribution is 2.25. The number of ether oxygens (including phenoxy) is 1. The molecule has 0 saturated carbocycles. The third-order valence-electron chi connectivity index (χ3n) is 2.24. The molecule has 0 radical (unpaired) electrons. The third kappa shape index (κ3) is 7.74. The fraction of sp³-hybridized carbons (Fsp3) is 0.571. The van der Waals surface area contributed by atoms with Crippen molar-refractivity contribution in [2.24, 2.45) is 0 Å². The lowest BCUT2D eigenvalue weighted by Gasteiger charge is -2.22. The molecule has 1 rings (SSSR count). The Morgan fingerprint density at radius 1 is 1.43 bits per heavy atom. The van der Waals surface area contributed by atoms with Gasteiger partial charge in [-0.25, -0.2) is 4.79 Å². The summed E-state index contributed by atoms with van der Waals surface area (Å²) in [5.74, 6) is 0.417. The van der Waals surface area contributed by atoms with E-state index < -0.39 is 17.6 Å². The molecule has 0 bridgehead atoms. The molecule has 1 N–H and O–H groups in total. The fourth-order valence-corrected chi connectivity index (χ4v) is 3.44. The second kappa shape index (κ2) is 8.06. The number of thiophene rings is 1. The lowest BCUT2D eigenvalue weighted by Crippen LogP contribution is -2.42. The van der Waals surface area contributed by atoms with Gasteiger partial charge in [-0.2, -0.15) is 0 Å². The van der Waals surface area contributed by atoms with Crippen LogP contribution >= 0.6 is 34.7 Å². The van der Waals surface area contributed by atoms with Gasteiger partial charge in [0.15, 0.2) is 0 Å². The maximum atomic E-state index is 11.8. The van der Waals surface area contributed by atoms with Crippen molar-refractivity contribution in [1.29, 1.82) is 0 Å². The number of halogens is 1. The molecule has 1 atom stereocenters. The average Bonchev–Trinajstić information content (AvgIpc) is 2.72. The molecule has 0 spiro atoms. The van der Waals surface area contributed by atoms with Crippen molar-refractivity contribution in [3.05, 3.63) is 21.3 Å². The number of nitrogens with one attached hydrogen (secondary N) is 1. The van der Waals surface area contributed by atoms with E-state index in [4.69, 9.17) is 16.3 Å². The van der Waals surface area contributed by atoms with E-state index in [-0.39, 0.29) is 5.91 Å². The van der Waals surface area contributed by atoms with Crippen molar-refractivity contribution in [2.75, 3.05) is 5.75 Å². The summed E-state index contributed by atoms with van der Waals surface area (Å²) < 4.78 is 5.95. The SMILES string of the molecule is C[C@H](NC(=O)CSCc1ccc(Cl)s1)C(=O)OC(C)(C)C. The van der Waals surface area contributed by atoms with Crippen LogP contribution in [0.25, 0.3) is 0 Å². The Balaban J connectivity index is 2.28. The first-order valence-corrected chi connectivity index (χ1v) is 8.86. The smallest absolute Gasteiger partial charge is 0.328 e. The molecule has 7 heteroatoms. The van der Waals surface area contributed by atoms with Crippen LogP contribution in [0.4, 0.5) is 0 Å². The van der Waals surface area contributed by atoms with Crippen LogP contribution in [0.3, 0.4) is 0 Å². The Kier molecular flexibility index (Phi) is 7.03. The largest absolute Gasteiger partial charge is 0.458 e. The van der Waals surface area contributed by atoms with E-state index in [1.165, 1.54) is 23.1 Å². The van der Waals surface area contributed by atoms with E-state index in [1.54, 1.807) is 27.7 Å². The monoisotopic (exact) mass is 349 g/mol. The van der Waals surface area contributed by atoms with Gasteiger partial charge in [0.05, 0.1) is 10.1 Å². The molecule has 1 aromatic heterocycles. The summed E-state index contributed by atoms with van der Waals surface area (Å²) in [5.41, 5.74) is -0.552. The molecule has 4 nitrogen and oxygen atoms in total. The molecule has 0 fully saturated rings. The summed E-state index contributed by atoms with van der Waals surface area (Å²) in [6, 6.07) is 3.14. The summed E-state index contributed by atoms with van der Waals surface area (Å²) in [7, 11) is 0. The van der Waals surface area contributed by atoms with Crippen molar-refractivity contribution in [2.45, 2.75) is 45.1 Å². The van der Waals surface area contributed by atoms with E-state index in [1.807, 2.05) is 12.1 Å². The number of thioether (sulfide) groups is 1. The van der Waals surface area contributed by atoms with Gasteiger partial charge in [-0.05, 0) is 39.8 Å². The molecular formula is C14H20ClNO3S2. The van der Waals surface area contributed by atoms with Crippen LogP contribution in [0.15, 0.2) is 12.1 Å². The lowest BCUT2D eigenvalue weighted by atomic mass is 10.2. The molecule has 1 amide bonds. The predicted molar refractivity (Wildman–Crippen MR) is 88.9 cm³/mol. The first-order valence-electron chi connectivity index (χ1n) is 6.51. The van der Waals surface area contributed by atoms with Crippen molar-refractivity contribution in [3.63, 3.8) is 0 Å². The van der Waals surface area contributed by atoms with Crippen LogP contribution in [0.1, 0.15) is 32.6 Å². The summed E-state index contributed by atoms with van der Waals surface area (Å²) in [6.45, 7) is 7.00. The Labute approximate surface area is 138 Å². The van der Waals surface area contributed by atoms with Crippen molar-refractivity contribution >= 4 is 46.6 Å². The number of hydrogen-bond acceptors (Lipinski definition) is 5. The quantitative estimate of drug-likeness (QED) is 0.799. The second-order valence-corrected chi connectivity index (χ2v) is 8.31. The minimum atomic E-state index is -0.645. The number of carbonyl (C=O) groups is 2. The summed E-state index contributed by atoms with van der Waals surface area (Å²) in [6.07, 6.45) is 0. The first kappa shape index (κ1) is 18.3. The minimum Gasteiger partial charge on any atom is -0.458 e. The van der Waals surface area contributed by atoms with E-state index in [0.717, 1.165) is 15.0 Å². The van der Waals surface area contributed by atoms with Crippen LogP contribution in [0.2, 0.25) is 4.34 Å². The van der Waals surface area contributed by atoms with E-state index in [9.17, 15) is 9.59 Å². The standard InChI is InChI=1S/C14H20ClNO3S2/c1-9(13(18)19-14(2,3)4)16-12(17)8-20-7-10-5-6-11(15)21-10/h5-6,9H,7-8H2,1-4H3,(H,16,17)/t9-/m0/s1. The molecular weight excluding hydrogens is 330 g/mol. The Morgan fingerprint density at radius 3 is 2.62 bits per heavy atom. The van der Waals surface area contributed by atoms with Gasteiger partial charge in [0.25, 0.3) is 0 Å². The predicted octanol–water partition coefficient (Wildman–Crippen LogP) is 3.48. The second-order valence-electron chi connectivity index (χ2n) is 5.52. The van der Waals surface area contributed by atoms with E-state index >= 15 is 0 Å². The van der Waals surface area contributed by atoms with Crippen LogP contribution in [-0.2, 0) is 20.1 Å². The van der Waals surface area contributed by atoms with Gasteiger partial charge in [0.1, 0.15) is 11.6 Å². The van der Waals surface area contributed by atoms with Gasteiger partial charge in [-0.1, -0.05) is 11.6 Å². The first-order chi connectivity index (χ1) is 9.67. The molecule has 0 unspecified atom stereocenters. The molecule has 1 heterocycles. The summed E-state index contributed by atoms with van der Waals surface area (Å²) in [5, 5.41) is 2.64. The maximum absolute atomic E-state index is 11.8. The van der Waals surface area contributed by atoms with Crippen LogP contribution in [0.5, 0.6) is 0 Å². The van der Waals surface area contributed by atoms with Gasteiger partial charge in [0, 0.05) is 10.6 Å². The minimum absolute atomic E-state index is 0.180.